The molecule has 0 bridgehead atoms. The van der Waals surface area contributed by atoms with Crippen LogP contribution in [0.25, 0.3) is 0 Å². The van der Waals surface area contributed by atoms with E-state index >= 15 is 0 Å². The number of aromatic nitrogens is 2. The van der Waals surface area contributed by atoms with Gasteiger partial charge in [-0.15, -0.1) is 0 Å². The third-order valence-electron chi connectivity index (χ3n) is 4.98. The summed E-state index contributed by atoms with van der Waals surface area (Å²) in [6, 6.07) is 5.73. The van der Waals surface area contributed by atoms with Crippen LogP contribution >= 0.6 is 0 Å². The molecule has 1 fully saturated rings. The zero-order valence-electron chi connectivity index (χ0n) is 15.8. The maximum absolute atomic E-state index is 12.8. The van der Waals surface area contributed by atoms with E-state index in [4.69, 9.17) is 0 Å². The van der Waals surface area contributed by atoms with Crippen molar-refractivity contribution in [3.63, 3.8) is 0 Å². The molecule has 0 spiro atoms. The number of imidazole rings is 1. The highest BCUT2D eigenvalue weighted by atomic mass is 32.2. The van der Waals surface area contributed by atoms with Crippen molar-refractivity contribution in [3.05, 3.63) is 41.9 Å². The molecule has 1 aromatic heterocycles. The number of nitrogens with zero attached hydrogens (tertiary/aromatic N) is 3. The third kappa shape index (κ3) is 4.56. The molecule has 1 aromatic carbocycles. The molecule has 2 aromatic rings. The number of hydrogen-bond donors (Lipinski definition) is 1. The highest BCUT2D eigenvalue weighted by Gasteiger charge is 2.27. The molecule has 3 rings (SSSR count). The van der Waals surface area contributed by atoms with E-state index in [9.17, 15) is 13.2 Å². The first kappa shape index (κ1) is 19.6. The third-order valence-corrected chi connectivity index (χ3v) is 6.77. The molecule has 0 radical (unpaired) electrons. The number of benzene rings is 1. The van der Waals surface area contributed by atoms with Crippen LogP contribution in [0.4, 0.5) is 5.69 Å². The van der Waals surface area contributed by atoms with Crippen LogP contribution in [0.3, 0.4) is 0 Å². The van der Waals surface area contributed by atoms with Gasteiger partial charge in [-0.1, -0.05) is 25.0 Å². The summed E-state index contributed by atoms with van der Waals surface area (Å²) in [5, 5.41) is 2.88. The summed E-state index contributed by atoms with van der Waals surface area (Å²) in [7, 11) is -3.60. The number of amides is 1. The van der Waals surface area contributed by atoms with Crippen LogP contribution in [0.2, 0.25) is 0 Å². The van der Waals surface area contributed by atoms with Gasteiger partial charge in [-0.25, -0.2) is 13.4 Å². The van der Waals surface area contributed by atoms with Gasteiger partial charge >= 0.3 is 0 Å². The normalized spacial score (nSPS) is 16.1. The van der Waals surface area contributed by atoms with Crippen molar-refractivity contribution in [1.29, 1.82) is 0 Å². The predicted molar refractivity (Wildman–Crippen MR) is 104 cm³/mol. The number of hydrogen-bond acceptors (Lipinski definition) is 4. The zero-order valence-corrected chi connectivity index (χ0v) is 16.6. The number of anilines is 1. The maximum Gasteiger partial charge on any atom is 0.262 e. The summed E-state index contributed by atoms with van der Waals surface area (Å²) in [4.78, 5) is 16.4. The lowest BCUT2D eigenvalue weighted by Gasteiger charge is -2.18. The number of nitrogens with one attached hydrogen (secondary N) is 1. The van der Waals surface area contributed by atoms with Gasteiger partial charge in [-0.05, 0) is 43.9 Å². The van der Waals surface area contributed by atoms with E-state index in [1.165, 1.54) is 21.4 Å². The molecule has 0 saturated carbocycles. The SMILES string of the molecule is Cc1cccc(NC(=O)Cn2cnc(S(=O)(=O)N3CCCCCC3)c2)c1C. The highest BCUT2D eigenvalue weighted by molar-refractivity contribution is 7.89. The standard InChI is InChI=1S/C19H26N4O3S/c1-15-8-7-9-17(16(15)2)21-18(24)12-22-13-19(20-14-22)27(25,26)23-10-5-3-4-6-11-23/h7-9,13-14H,3-6,10-12H2,1-2H3,(H,21,24). The molecule has 2 heterocycles. The molecule has 0 unspecified atom stereocenters. The van der Waals surface area contributed by atoms with Crippen molar-refractivity contribution in [1.82, 2.24) is 13.9 Å². The Morgan fingerprint density at radius 1 is 1.15 bits per heavy atom. The van der Waals surface area contributed by atoms with E-state index in [-0.39, 0.29) is 17.5 Å². The van der Waals surface area contributed by atoms with E-state index in [0.717, 1.165) is 42.5 Å². The zero-order chi connectivity index (χ0) is 19.4. The van der Waals surface area contributed by atoms with Crippen LogP contribution < -0.4 is 5.32 Å². The largest absolute Gasteiger partial charge is 0.327 e. The fraction of sp³-hybridized carbons (Fsp3) is 0.474. The van der Waals surface area contributed by atoms with Crippen molar-refractivity contribution >= 4 is 21.6 Å². The fourth-order valence-electron chi connectivity index (χ4n) is 3.22. The van der Waals surface area contributed by atoms with E-state index in [2.05, 4.69) is 10.3 Å². The molecular weight excluding hydrogens is 364 g/mol. The van der Waals surface area contributed by atoms with Crippen LogP contribution in [-0.4, -0.2) is 41.3 Å². The van der Waals surface area contributed by atoms with Crippen molar-refractivity contribution in [3.8, 4) is 0 Å². The minimum absolute atomic E-state index is 0.00364. The van der Waals surface area contributed by atoms with Gasteiger partial charge in [0.25, 0.3) is 10.0 Å². The Balaban J connectivity index is 1.68. The number of rotatable bonds is 5. The van der Waals surface area contributed by atoms with Crippen molar-refractivity contribution in [2.75, 3.05) is 18.4 Å². The lowest BCUT2D eigenvalue weighted by atomic mass is 10.1. The topological polar surface area (TPSA) is 84.3 Å². The molecule has 8 heteroatoms. The first-order chi connectivity index (χ1) is 12.9. The van der Waals surface area contributed by atoms with Gasteiger partial charge in [0, 0.05) is 25.0 Å². The molecule has 1 amide bonds. The van der Waals surface area contributed by atoms with E-state index in [1.807, 2.05) is 32.0 Å². The second-order valence-electron chi connectivity index (χ2n) is 7.00. The summed E-state index contributed by atoms with van der Waals surface area (Å²) in [6.45, 7) is 5.01. The lowest BCUT2D eigenvalue weighted by Crippen LogP contribution is -2.32. The molecule has 1 aliphatic rings. The molecule has 7 nitrogen and oxygen atoms in total. The summed E-state index contributed by atoms with van der Waals surface area (Å²) in [5.74, 6) is -0.222. The van der Waals surface area contributed by atoms with Crippen LogP contribution in [0.5, 0.6) is 0 Å². The predicted octanol–water partition coefficient (Wildman–Crippen LogP) is 2.70. The van der Waals surface area contributed by atoms with Gasteiger partial charge in [0.2, 0.25) is 5.91 Å². The monoisotopic (exact) mass is 390 g/mol. The highest BCUT2D eigenvalue weighted by Crippen LogP contribution is 2.20. The number of carbonyl (C=O) groups excluding carboxylic acids is 1. The fourth-order valence-corrected chi connectivity index (χ4v) is 4.67. The van der Waals surface area contributed by atoms with E-state index in [1.54, 1.807) is 0 Å². The quantitative estimate of drug-likeness (QED) is 0.851. The summed E-state index contributed by atoms with van der Waals surface area (Å²) < 4.78 is 28.5. The van der Waals surface area contributed by atoms with Crippen LogP contribution in [0.15, 0.2) is 35.7 Å². The summed E-state index contributed by atoms with van der Waals surface area (Å²) in [6.07, 6.45) is 6.69. The Labute approximate surface area is 160 Å². The average Bonchev–Trinajstić information content (AvgIpc) is 2.91. The molecule has 27 heavy (non-hydrogen) atoms. The Hall–Kier alpha value is -2.19. The number of aryl methyl sites for hydroxylation is 1. The van der Waals surface area contributed by atoms with Gasteiger partial charge in [0.15, 0.2) is 5.03 Å². The Kier molecular flexibility index (Phi) is 5.96. The first-order valence-corrected chi connectivity index (χ1v) is 10.7. The van der Waals surface area contributed by atoms with E-state index in [0.29, 0.717) is 13.1 Å². The minimum atomic E-state index is -3.60. The summed E-state index contributed by atoms with van der Waals surface area (Å²) >= 11 is 0. The van der Waals surface area contributed by atoms with Gasteiger partial charge < -0.3 is 9.88 Å². The number of sulfonamides is 1. The van der Waals surface area contributed by atoms with Crippen LogP contribution in [-0.2, 0) is 21.4 Å². The van der Waals surface area contributed by atoms with Crippen LogP contribution in [0, 0.1) is 13.8 Å². The molecule has 146 valence electrons. The van der Waals surface area contributed by atoms with Crippen molar-refractivity contribution < 1.29 is 13.2 Å². The Morgan fingerprint density at radius 2 is 1.85 bits per heavy atom. The molecule has 1 aliphatic heterocycles. The van der Waals surface area contributed by atoms with Crippen molar-refractivity contribution in [2.24, 2.45) is 0 Å². The van der Waals surface area contributed by atoms with Gasteiger partial charge in [-0.3, -0.25) is 4.79 Å². The van der Waals surface area contributed by atoms with Crippen LogP contribution in [0.1, 0.15) is 36.8 Å². The van der Waals surface area contributed by atoms with Gasteiger partial charge in [0.1, 0.15) is 6.54 Å². The lowest BCUT2D eigenvalue weighted by molar-refractivity contribution is -0.116. The second kappa shape index (κ2) is 8.22. The van der Waals surface area contributed by atoms with E-state index < -0.39 is 10.0 Å². The smallest absolute Gasteiger partial charge is 0.262 e. The first-order valence-electron chi connectivity index (χ1n) is 9.26. The average molecular weight is 391 g/mol. The molecule has 0 atom stereocenters. The van der Waals surface area contributed by atoms with Crippen molar-refractivity contribution in [2.45, 2.75) is 51.1 Å². The molecule has 0 aliphatic carbocycles. The Bertz CT molecular complexity index is 913. The Morgan fingerprint density at radius 3 is 2.56 bits per heavy atom. The number of carbonyl (C=O) groups is 1. The van der Waals surface area contributed by atoms with Gasteiger partial charge in [0.05, 0.1) is 6.33 Å². The molecule has 1 saturated heterocycles. The van der Waals surface area contributed by atoms with Gasteiger partial charge in [-0.2, -0.15) is 4.31 Å². The minimum Gasteiger partial charge on any atom is -0.327 e. The maximum atomic E-state index is 12.8. The summed E-state index contributed by atoms with van der Waals surface area (Å²) in [5.41, 5.74) is 2.87. The molecule has 1 N–H and O–H groups in total. The molecular formula is C19H26N4O3S. The second-order valence-corrected chi connectivity index (χ2v) is 8.88.